The number of thiazole rings is 1. The molecule has 0 spiro atoms. The average Bonchev–Trinajstić information content (AvgIpc) is 3.05. The van der Waals surface area contributed by atoms with Crippen molar-refractivity contribution >= 4 is 11.3 Å². The van der Waals surface area contributed by atoms with E-state index in [-0.39, 0.29) is 0 Å². The second-order valence-corrected chi connectivity index (χ2v) is 5.23. The van der Waals surface area contributed by atoms with Crippen molar-refractivity contribution in [2.75, 3.05) is 0 Å². The Morgan fingerprint density at radius 1 is 1.25 bits per heavy atom. The molecular formula is C14H11N5S. The molecule has 0 saturated carbocycles. The highest BCUT2D eigenvalue weighted by Gasteiger charge is 2.19. The topological polar surface area (TPSA) is 67.4 Å². The summed E-state index contributed by atoms with van der Waals surface area (Å²) in [6.45, 7) is 3.93. The van der Waals surface area contributed by atoms with Crippen LogP contribution in [-0.2, 0) is 0 Å². The number of benzene rings is 1. The van der Waals surface area contributed by atoms with Gasteiger partial charge < -0.3 is 0 Å². The van der Waals surface area contributed by atoms with Gasteiger partial charge in [0.1, 0.15) is 11.8 Å². The Kier molecular flexibility index (Phi) is 3.05. The van der Waals surface area contributed by atoms with E-state index in [2.05, 4.69) is 21.4 Å². The fourth-order valence-electron chi connectivity index (χ4n) is 2.01. The Labute approximate surface area is 120 Å². The summed E-state index contributed by atoms with van der Waals surface area (Å²) in [6.07, 6.45) is 0. The molecule has 3 rings (SSSR count). The van der Waals surface area contributed by atoms with Crippen LogP contribution in [0.25, 0.3) is 16.4 Å². The van der Waals surface area contributed by atoms with Gasteiger partial charge in [0.25, 0.3) is 0 Å². The summed E-state index contributed by atoms with van der Waals surface area (Å²) < 4.78 is 1.64. The second-order valence-electron chi connectivity index (χ2n) is 4.40. The molecule has 0 aliphatic rings. The third-order valence-electron chi connectivity index (χ3n) is 2.96. The van der Waals surface area contributed by atoms with Gasteiger partial charge in [0, 0.05) is 10.9 Å². The summed E-state index contributed by atoms with van der Waals surface area (Å²) in [5.41, 5.74) is 3.95. The summed E-state index contributed by atoms with van der Waals surface area (Å²) in [5, 5.41) is 20.0. The smallest absolute Gasteiger partial charge is 0.212 e. The van der Waals surface area contributed by atoms with Crippen molar-refractivity contribution in [2.24, 2.45) is 0 Å². The Bertz CT molecular complexity index is 809. The van der Waals surface area contributed by atoms with Gasteiger partial charge in [-0.15, -0.1) is 16.4 Å². The molecule has 0 bridgehead atoms. The van der Waals surface area contributed by atoms with Gasteiger partial charge in [-0.05, 0) is 19.4 Å². The Morgan fingerprint density at radius 3 is 2.70 bits per heavy atom. The van der Waals surface area contributed by atoms with Gasteiger partial charge in [0.05, 0.1) is 5.69 Å². The standard InChI is InChI=1S/C14H11N5S/c1-9-5-3-4-6-11(9)13-12(7-15)17-18-19(13)14-16-10(2)8-20-14/h3-6,8H,1-2H3. The van der Waals surface area contributed by atoms with Crippen LogP contribution >= 0.6 is 11.3 Å². The highest BCUT2D eigenvalue weighted by molar-refractivity contribution is 7.12. The lowest BCUT2D eigenvalue weighted by Crippen LogP contribution is -2.00. The van der Waals surface area contributed by atoms with Crippen molar-refractivity contribution in [2.45, 2.75) is 13.8 Å². The number of rotatable bonds is 2. The molecule has 2 heterocycles. The second kappa shape index (κ2) is 4.87. The van der Waals surface area contributed by atoms with Crippen molar-refractivity contribution < 1.29 is 0 Å². The van der Waals surface area contributed by atoms with Crippen molar-refractivity contribution in [3.63, 3.8) is 0 Å². The molecule has 1 aromatic carbocycles. The molecule has 0 N–H and O–H groups in total. The largest absolute Gasteiger partial charge is 0.224 e. The summed E-state index contributed by atoms with van der Waals surface area (Å²) in [4.78, 5) is 4.41. The lowest BCUT2D eigenvalue weighted by atomic mass is 10.0. The molecule has 6 heteroatoms. The first-order valence-corrected chi connectivity index (χ1v) is 6.93. The molecule has 20 heavy (non-hydrogen) atoms. The van der Waals surface area contributed by atoms with Crippen LogP contribution in [0.15, 0.2) is 29.6 Å². The Balaban J connectivity index is 2.27. The number of aromatic nitrogens is 4. The first kappa shape index (κ1) is 12.5. The summed E-state index contributed by atoms with van der Waals surface area (Å²) >= 11 is 1.48. The predicted molar refractivity (Wildman–Crippen MR) is 76.7 cm³/mol. The molecule has 5 nitrogen and oxygen atoms in total. The SMILES string of the molecule is Cc1csc(-n2nnc(C#N)c2-c2ccccc2C)n1. The monoisotopic (exact) mass is 281 g/mol. The van der Waals surface area contributed by atoms with Crippen LogP contribution in [0.2, 0.25) is 0 Å². The van der Waals surface area contributed by atoms with Crippen molar-refractivity contribution in [1.82, 2.24) is 20.0 Å². The molecule has 0 saturated heterocycles. The van der Waals surface area contributed by atoms with Crippen molar-refractivity contribution in [3.8, 4) is 22.5 Å². The van der Waals surface area contributed by atoms with Crippen molar-refractivity contribution in [3.05, 3.63) is 46.6 Å². The molecule has 3 aromatic rings. The molecule has 98 valence electrons. The Morgan fingerprint density at radius 2 is 2.05 bits per heavy atom. The number of nitrogens with zero attached hydrogens (tertiary/aromatic N) is 5. The van der Waals surface area contributed by atoms with E-state index in [0.717, 1.165) is 22.0 Å². The third kappa shape index (κ3) is 1.98. The number of aryl methyl sites for hydroxylation is 2. The van der Waals surface area contributed by atoms with E-state index in [4.69, 9.17) is 0 Å². The van der Waals surface area contributed by atoms with Gasteiger partial charge in [0.15, 0.2) is 5.69 Å². The quantitative estimate of drug-likeness (QED) is 0.724. The molecule has 0 amide bonds. The summed E-state index contributed by atoms with van der Waals surface area (Å²) in [6, 6.07) is 9.97. The number of hydrogen-bond donors (Lipinski definition) is 0. The van der Waals surface area contributed by atoms with Crippen LogP contribution in [-0.4, -0.2) is 20.0 Å². The molecular weight excluding hydrogens is 270 g/mol. The maximum Gasteiger partial charge on any atom is 0.212 e. The summed E-state index contributed by atoms with van der Waals surface area (Å²) in [5.74, 6) is 0. The zero-order valence-electron chi connectivity index (χ0n) is 11.0. The highest BCUT2D eigenvalue weighted by atomic mass is 32.1. The van der Waals surface area contributed by atoms with Crippen LogP contribution in [0.4, 0.5) is 0 Å². The minimum absolute atomic E-state index is 0.312. The van der Waals surface area contributed by atoms with E-state index >= 15 is 0 Å². The fraction of sp³-hybridized carbons (Fsp3) is 0.143. The lowest BCUT2D eigenvalue weighted by Gasteiger charge is -2.06. The maximum absolute atomic E-state index is 9.25. The van der Waals surface area contributed by atoms with E-state index in [1.165, 1.54) is 11.3 Å². The molecule has 0 radical (unpaired) electrons. The van der Waals surface area contributed by atoms with Gasteiger partial charge >= 0.3 is 0 Å². The minimum atomic E-state index is 0.312. The van der Waals surface area contributed by atoms with Crippen LogP contribution in [0, 0.1) is 25.2 Å². The van der Waals surface area contributed by atoms with Crippen LogP contribution in [0.1, 0.15) is 17.0 Å². The third-order valence-corrected chi connectivity index (χ3v) is 3.90. The highest BCUT2D eigenvalue weighted by Crippen LogP contribution is 2.28. The normalized spacial score (nSPS) is 10.4. The lowest BCUT2D eigenvalue weighted by molar-refractivity contribution is 0.798. The maximum atomic E-state index is 9.25. The molecule has 0 aliphatic carbocycles. The number of nitriles is 1. The molecule has 2 aromatic heterocycles. The Hall–Kier alpha value is -2.52. The van der Waals surface area contributed by atoms with Crippen LogP contribution in [0.5, 0.6) is 0 Å². The fourth-order valence-corrected chi connectivity index (χ4v) is 2.76. The summed E-state index contributed by atoms with van der Waals surface area (Å²) in [7, 11) is 0. The molecule has 0 unspecified atom stereocenters. The van der Waals surface area contributed by atoms with Gasteiger partial charge in [-0.1, -0.05) is 29.5 Å². The van der Waals surface area contributed by atoms with Gasteiger partial charge in [0.2, 0.25) is 5.13 Å². The van der Waals surface area contributed by atoms with Crippen LogP contribution in [0.3, 0.4) is 0 Å². The average molecular weight is 281 g/mol. The van der Waals surface area contributed by atoms with Gasteiger partial charge in [-0.25, -0.2) is 4.98 Å². The van der Waals surface area contributed by atoms with E-state index < -0.39 is 0 Å². The first-order chi connectivity index (χ1) is 9.70. The van der Waals surface area contributed by atoms with E-state index in [0.29, 0.717) is 11.4 Å². The predicted octanol–water partition coefficient (Wildman–Crippen LogP) is 2.88. The zero-order valence-corrected chi connectivity index (χ0v) is 11.8. The van der Waals surface area contributed by atoms with E-state index in [9.17, 15) is 5.26 Å². The molecule has 0 fully saturated rings. The molecule has 0 aliphatic heterocycles. The van der Waals surface area contributed by atoms with E-state index in [1.807, 2.05) is 43.5 Å². The van der Waals surface area contributed by atoms with Crippen LogP contribution < -0.4 is 0 Å². The zero-order chi connectivity index (χ0) is 14.1. The van der Waals surface area contributed by atoms with Crippen molar-refractivity contribution in [1.29, 1.82) is 5.26 Å². The first-order valence-electron chi connectivity index (χ1n) is 6.05. The van der Waals surface area contributed by atoms with Gasteiger partial charge in [-0.2, -0.15) is 9.94 Å². The molecule has 0 atom stereocenters. The number of hydrogen-bond acceptors (Lipinski definition) is 5. The van der Waals surface area contributed by atoms with E-state index in [1.54, 1.807) is 4.68 Å². The van der Waals surface area contributed by atoms with Gasteiger partial charge in [-0.3, -0.25) is 0 Å². The minimum Gasteiger partial charge on any atom is -0.224 e.